The van der Waals surface area contributed by atoms with Crippen molar-refractivity contribution in [2.45, 2.75) is 38.7 Å². The van der Waals surface area contributed by atoms with Crippen molar-refractivity contribution in [3.63, 3.8) is 0 Å². The van der Waals surface area contributed by atoms with Crippen molar-refractivity contribution < 1.29 is 23.4 Å². The summed E-state index contributed by atoms with van der Waals surface area (Å²) in [5.74, 6) is -2.95. The average molecular weight is 286 g/mol. The third kappa shape index (κ3) is 3.54. The Bertz CT molecular complexity index is 422. The summed E-state index contributed by atoms with van der Waals surface area (Å²) in [7, 11) is 0. The highest BCUT2D eigenvalue weighted by Gasteiger charge is 2.48. The van der Waals surface area contributed by atoms with Crippen LogP contribution in [0.15, 0.2) is 30.3 Å². The molecule has 0 heterocycles. The van der Waals surface area contributed by atoms with Gasteiger partial charge in [-0.25, -0.2) is 8.78 Å². The molecule has 1 N–H and O–H groups in total. The number of aliphatic hydroxyl groups is 1. The van der Waals surface area contributed by atoms with E-state index in [1.54, 1.807) is 44.2 Å². The molecule has 2 unspecified atom stereocenters. The maximum Gasteiger partial charge on any atom is 0.318 e. The minimum Gasteiger partial charge on any atom is -0.466 e. The Balaban J connectivity index is 3.23. The highest BCUT2D eigenvalue weighted by molar-refractivity contribution is 5.74. The molecule has 0 aliphatic carbocycles. The smallest absolute Gasteiger partial charge is 0.318 e. The van der Waals surface area contributed by atoms with Crippen molar-refractivity contribution >= 4 is 5.97 Å². The van der Waals surface area contributed by atoms with Gasteiger partial charge in [0.1, 0.15) is 5.60 Å². The summed E-state index contributed by atoms with van der Waals surface area (Å²) in [5, 5.41) is 10.7. The summed E-state index contributed by atoms with van der Waals surface area (Å²) in [6.45, 7) is 3.31. The van der Waals surface area contributed by atoms with Gasteiger partial charge in [-0.05, 0) is 18.9 Å². The lowest BCUT2D eigenvalue weighted by atomic mass is 9.78. The number of hydrogen-bond acceptors (Lipinski definition) is 3. The molecule has 1 aromatic carbocycles. The van der Waals surface area contributed by atoms with Gasteiger partial charge in [0.15, 0.2) is 5.92 Å². The minimum absolute atomic E-state index is 0.000944. The van der Waals surface area contributed by atoms with Crippen LogP contribution in [0.1, 0.15) is 32.3 Å². The zero-order valence-corrected chi connectivity index (χ0v) is 11.7. The fourth-order valence-electron chi connectivity index (χ4n) is 2.33. The number of alkyl halides is 2. The van der Waals surface area contributed by atoms with E-state index in [4.69, 9.17) is 4.74 Å². The number of carbonyl (C=O) groups excluding carboxylic acids is 1. The molecule has 0 spiro atoms. The first kappa shape index (κ1) is 16.6. The summed E-state index contributed by atoms with van der Waals surface area (Å²) in [5.41, 5.74) is -1.61. The van der Waals surface area contributed by atoms with Gasteiger partial charge in [-0.2, -0.15) is 0 Å². The molecule has 5 heteroatoms. The van der Waals surface area contributed by atoms with Gasteiger partial charge in [0.25, 0.3) is 6.43 Å². The molecule has 2 atom stereocenters. The minimum atomic E-state index is -2.99. The monoisotopic (exact) mass is 286 g/mol. The van der Waals surface area contributed by atoms with Crippen LogP contribution in [0.5, 0.6) is 0 Å². The molecule has 0 bridgehead atoms. The third-order valence-corrected chi connectivity index (χ3v) is 3.21. The van der Waals surface area contributed by atoms with Crippen molar-refractivity contribution in [3.8, 4) is 0 Å². The molecule has 0 aliphatic heterocycles. The van der Waals surface area contributed by atoms with E-state index < -0.39 is 23.9 Å². The van der Waals surface area contributed by atoms with Crippen LogP contribution < -0.4 is 0 Å². The highest BCUT2D eigenvalue weighted by Crippen LogP contribution is 2.38. The standard InChI is InChI=1S/C15H20F2O3/c1-3-10-15(19,11-8-6-5-7-9-11)12(13(16)17)14(18)20-4-2/h5-9,12-13,19H,3-4,10H2,1-2H3. The lowest BCUT2D eigenvalue weighted by molar-refractivity contribution is -0.173. The van der Waals surface area contributed by atoms with Gasteiger partial charge >= 0.3 is 5.97 Å². The second-order valence-corrected chi connectivity index (χ2v) is 4.60. The van der Waals surface area contributed by atoms with E-state index in [-0.39, 0.29) is 13.0 Å². The van der Waals surface area contributed by atoms with Crippen LogP contribution in [0.3, 0.4) is 0 Å². The highest BCUT2D eigenvalue weighted by atomic mass is 19.3. The Kier molecular flexibility index (Phi) is 6.07. The summed E-state index contributed by atoms with van der Waals surface area (Å²) in [6, 6.07) is 8.10. The molecule has 0 saturated carbocycles. The summed E-state index contributed by atoms with van der Waals surface area (Å²) in [4.78, 5) is 11.8. The molecule has 0 amide bonds. The molecular weight excluding hydrogens is 266 g/mol. The van der Waals surface area contributed by atoms with E-state index in [0.29, 0.717) is 12.0 Å². The van der Waals surface area contributed by atoms with Crippen LogP contribution in [-0.2, 0) is 15.1 Å². The number of carbonyl (C=O) groups is 1. The molecule has 0 saturated heterocycles. The zero-order valence-electron chi connectivity index (χ0n) is 11.7. The van der Waals surface area contributed by atoms with Crippen LogP contribution in [0, 0.1) is 5.92 Å². The molecule has 3 nitrogen and oxygen atoms in total. The molecule has 0 aliphatic rings. The number of halogens is 2. The molecule has 1 rings (SSSR count). The molecule has 0 aromatic heterocycles. The van der Waals surface area contributed by atoms with Crippen molar-refractivity contribution in [2.24, 2.45) is 5.92 Å². The second-order valence-electron chi connectivity index (χ2n) is 4.60. The van der Waals surface area contributed by atoms with Gasteiger partial charge in [0, 0.05) is 0 Å². The Morgan fingerprint density at radius 2 is 1.90 bits per heavy atom. The van der Waals surface area contributed by atoms with E-state index >= 15 is 0 Å². The van der Waals surface area contributed by atoms with Crippen molar-refractivity contribution in [1.29, 1.82) is 0 Å². The fourth-order valence-corrected chi connectivity index (χ4v) is 2.33. The number of benzene rings is 1. The van der Waals surface area contributed by atoms with Crippen molar-refractivity contribution in [2.75, 3.05) is 6.61 Å². The van der Waals surface area contributed by atoms with E-state index in [1.807, 2.05) is 0 Å². The van der Waals surface area contributed by atoms with Gasteiger partial charge in [-0.15, -0.1) is 0 Å². The zero-order chi connectivity index (χ0) is 15.2. The molecule has 1 aromatic rings. The van der Waals surface area contributed by atoms with Gasteiger partial charge in [-0.3, -0.25) is 4.79 Å². The Labute approximate surface area is 117 Å². The SMILES string of the molecule is CCCC(O)(c1ccccc1)C(C(=O)OCC)C(F)F. The lowest BCUT2D eigenvalue weighted by Crippen LogP contribution is -2.45. The summed E-state index contributed by atoms with van der Waals surface area (Å²) in [6.07, 6.45) is -2.47. The summed E-state index contributed by atoms with van der Waals surface area (Å²) < 4.78 is 31.3. The lowest BCUT2D eigenvalue weighted by Gasteiger charge is -2.34. The molecule has 0 radical (unpaired) electrons. The average Bonchev–Trinajstić information content (AvgIpc) is 2.40. The molecule has 0 fully saturated rings. The first-order chi connectivity index (χ1) is 9.47. The topological polar surface area (TPSA) is 46.5 Å². The first-order valence-electron chi connectivity index (χ1n) is 6.70. The normalized spacial score (nSPS) is 15.7. The maximum atomic E-state index is 13.3. The number of rotatable bonds is 7. The Hall–Kier alpha value is -1.49. The van der Waals surface area contributed by atoms with Crippen LogP contribution in [-0.4, -0.2) is 24.1 Å². The first-order valence-corrected chi connectivity index (χ1v) is 6.70. The fraction of sp³-hybridized carbons (Fsp3) is 0.533. The Morgan fingerprint density at radius 1 is 1.30 bits per heavy atom. The Morgan fingerprint density at radius 3 is 2.35 bits per heavy atom. The van der Waals surface area contributed by atoms with E-state index in [9.17, 15) is 18.7 Å². The molecular formula is C15H20F2O3. The largest absolute Gasteiger partial charge is 0.466 e. The van der Waals surface area contributed by atoms with Crippen molar-refractivity contribution in [3.05, 3.63) is 35.9 Å². The molecule has 112 valence electrons. The molecule has 20 heavy (non-hydrogen) atoms. The number of hydrogen-bond donors (Lipinski definition) is 1. The predicted molar refractivity (Wildman–Crippen MR) is 71.4 cm³/mol. The van der Waals surface area contributed by atoms with Crippen LogP contribution in [0.4, 0.5) is 8.78 Å². The maximum absolute atomic E-state index is 13.3. The van der Waals surface area contributed by atoms with Gasteiger partial charge in [0.2, 0.25) is 0 Å². The van der Waals surface area contributed by atoms with E-state index in [2.05, 4.69) is 0 Å². The van der Waals surface area contributed by atoms with Gasteiger partial charge < -0.3 is 9.84 Å². The second kappa shape index (κ2) is 7.33. The van der Waals surface area contributed by atoms with Crippen LogP contribution in [0.25, 0.3) is 0 Å². The number of esters is 1. The van der Waals surface area contributed by atoms with Crippen molar-refractivity contribution in [1.82, 2.24) is 0 Å². The van der Waals surface area contributed by atoms with Gasteiger partial charge in [-0.1, -0.05) is 43.7 Å². The van der Waals surface area contributed by atoms with Crippen LogP contribution in [0.2, 0.25) is 0 Å². The third-order valence-electron chi connectivity index (χ3n) is 3.21. The summed E-state index contributed by atoms with van der Waals surface area (Å²) >= 11 is 0. The number of ether oxygens (including phenoxy) is 1. The van der Waals surface area contributed by atoms with Gasteiger partial charge in [0.05, 0.1) is 6.61 Å². The van der Waals surface area contributed by atoms with Crippen LogP contribution >= 0.6 is 0 Å². The van der Waals surface area contributed by atoms with E-state index in [0.717, 1.165) is 0 Å². The predicted octanol–water partition coefficient (Wildman–Crippen LogP) is 3.12. The quantitative estimate of drug-likeness (QED) is 0.783. The van der Waals surface area contributed by atoms with E-state index in [1.165, 1.54) is 0 Å².